The zero-order valence-electron chi connectivity index (χ0n) is 13.2. The van der Waals surface area contributed by atoms with Gasteiger partial charge in [0, 0.05) is 31.7 Å². The van der Waals surface area contributed by atoms with E-state index in [1.807, 2.05) is 24.3 Å². The molecule has 7 nitrogen and oxygen atoms in total. The van der Waals surface area contributed by atoms with Gasteiger partial charge in [-0.25, -0.2) is 4.79 Å². The molecule has 3 rings (SSSR count). The lowest BCUT2D eigenvalue weighted by Gasteiger charge is -2.28. The van der Waals surface area contributed by atoms with Crippen LogP contribution in [0.4, 0.5) is 10.5 Å². The largest absolute Gasteiger partial charge is 0.497 e. The lowest BCUT2D eigenvalue weighted by Crippen LogP contribution is -2.49. The van der Waals surface area contributed by atoms with Crippen molar-refractivity contribution in [2.24, 2.45) is 0 Å². The Balaban J connectivity index is 1.59. The molecule has 0 aromatic heterocycles. The van der Waals surface area contributed by atoms with Crippen molar-refractivity contribution in [2.75, 3.05) is 44.9 Å². The number of nitrogens with zero attached hydrogens (tertiary/aromatic N) is 2. The zero-order chi connectivity index (χ0) is 16.2. The number of rotatable bonds is 3. The number of morpholine rings is 1. The van der Waals surface area contributed by atoms with Crippen molar-refractivity contribution in [2.45, 2.75) is 12.5 Å². The van der Waals surface area contributed by atoms with Crippen molar-refractivity contribution in [1.82, 2.24) is 10.2 Å². The molecule has 0 unspecified atom stereocenters. The van der Waals surface area contributed by atoms with Gasteiger partial charge in [0.15, 0.2) is 0 Å². The molecule has 0 aliphatic carbocycles. The Morgan fingerprint density at radius 3 is 2.61 bits per heavy atom. The molecule has 0 spiro atoms. The number of ether oxygens (including phenoxy) is 2. The van der Waals surface area contributed by atoms with Crippen LogP contribution in [0.3, 0.4) is 0 Å². The van der Waals surface area contributed by atoms with E-state index < -0.39 is 0 Å². The van der Waals surface area contributed by atoms with Gasteiger partial charge in [0.05, 0.1) is 26.4 Å². The van der Waals surface area contributed by atoms with E-state index in [1.165, 1.54) is 0 Å². The summed E-state index contributed by atoms with van der Waals surface area (Å²) in [4.78, 5) is 27.8. The monoisotopic (exact) mass is 319 g/mol. The fourth-order valence-corrected chi connectivity index (χ4v) is 2.85. The topological polar surface area (TPSA) is 71.1 Å². The molecule has 7 heteroatoms. The van der Waals surface area contributed by atoms with Crippen molar-refractivity contribution < 1.29 is 19.1 Å². The molecule has 2 saturated heterocycles. The van der Waals surface area contributed by atoms with Gasteiger partial charge >= 0.3 is 6.03 Å². The highest BCUT2D eigenvalue weighted by Crippen LogP contribution is 2.24. The number of benzene rings is 1. The molecule has 1 aromatic rings. The van der Waals surface area contributed by atoms with Crippen LogP contribution in [-0.4, -0.2) is 62.8 Å². The van der Waals surface area contributed by atoms with Gasteiger partial charge in [-0.15, -0.1) is 0 Å². The van der Waals surface area contributed by atoms with Gasteiger partial charge in [0.25, 0.3) is 0 Å². The van der Waals surface area contributed by atoms with E-state index in [0.29, 0.717) is 39.3 Å². The Morgan fingerprint density at radius 2 is 1.96 bits per heavy atom. The molecule has 2 aliphatic rings. The van der Waals surface area contributed by atoms with E-state index >= 15 is 0 Å². The standard InChI is InChI=1S/C16H21N3O4/c1-22-14-4-2-13(3-5-14)19-11-12(10-15(19)20)17-16(21)18-6-8-23-9-7-18/h2-5,12H,6-11H2,1H3,(H,17,21)/t12-/m0/s1. The molecule has 2 aliphatic heterocycles. The first-order chi connectivity index (χ1) is 11.2. The molecule has 0 bridgehead atoms. The summed E-state index contributed by atoms with van der Waals surface area (Å²) in [5.74, 6) is 0.764. The van der Waals surface area contributed by atoms with Crippen molar-refractivity contribution >= 4 is 17.6 Å². The average molecular weight is 319 g/mol. The summed E-state index contributed by atoms with van der Waals surface area (Å²) in [6, 6.07) is 7.05. The molecule has 2 heterocycles. The predicted octanol–water partition coefficient (Wildman–Crippen LogP) is 0.842. The fraction of sp³-hybridized carbons (Fsp3) is 0.500. The Bertz CT molecular complexity index is 569. The number of nitrogens with one attached hydrogen (secondary N) is 1. The van der Waals surface area contributed by atoms with Gasteiger partial charge < -0.3 is 24.6 Å². The van der Waals surface area contributed by atoms with Gasteiger partial charge in [-0.2, -0.15) is 0 Å². The van der Waals surface area contributed by atoms with Crippen LogP contribution in [0.15, 0.2) is 24.3 Å². The fourth-order valence-electron chi connectivity index (χ4n) is 2.85. The summed E-state index contributed by atoms with van der Waals surface area (Å²) in [7, 11) is 1.60. The van der Waals surface area contributed by atoms with Crippen LogP contribution in [0.2, 0.25) is 0 Å². The number of hydrogen-bond acceptors (Lipinski definition) is 4. The van der Waals surface area contributed by atoms with Crippen LogP contribution in [-0.2, 0) is 9.53 Å². The van der Waals surface area contributed by atoms with Crippen LogP contribution in [0.5, 0.6) is 5.75 Å². The lowest BCUT2D eigenvalue weighted by molar-refractivity contribution is -0.117. The minimum atomic E-state index is -0.167. The van der Waals surface area contributed by atoms with Crippen LogP contribution in [0, 0.1) is 0 Å². The lowest BCUT2D eigenvalue weighted by atomic mass is 10.2. The third-order valence-electron chi connectivity index (χ3n) is 4.14. The van der Waals surface area contributed by atoms with Crippen molar-refractivity contribution in [3.05, 3.63) is 24.3 Å². The van der Waals surface area contributed by atoms with Crippen molar-refractivity contribution in [3.63, 3.8) is 0 Å². The second kappa shape index (κ2) is 6.87. The first-order valence-electron chi connectivity index (χ1n) is 7.75. The van der Waals surface area contributed by atoms with Crippen LogP contribution in [0.1, 0.15) is 6.42 Å². The van der Waals surface area contributed by atoms with Crippen LogP contribution in [0.25, 0.3) is 0 Å². The highest BCUT2D eigenvalue weighted by atomic mass is 16.5. The number of amides is 3. The van der Waals surface area contributed by atoms with Gasteiger partial charge in [-0.3, -0.25) is 4.79 Å². The van der Waals surface area contributed by atoms with Crippen molar-refractivity contribution in [1.29, 1.82) is 0 Å². The van der Waals surface area contributed by atoms with Crippen LogP contribution >= 0.6 is 0 Å². The number of urea groups is 1. The maximum atomic E-state index is 12.2. The summed E-state index contributed by atoms with van der Waals surface area (Å²) >= 11 is 0. The van der Waals surface area contributed by atoms with E-state index in [2.05, 4.69) is 5.32 Å². The minimum Gasteiger partial charge on any atom is -0.497 e. The van der Waals surface area contributed by atoms with Crippen LogP contribution < -0.4 is 15.0 Å². The average Bonchev–Trinajstić information content (AvgIpc) is 2.96. The molecule has 1 atom stereocenters. The number of methoxy groups -OCH3 is 1. The maximum Gasteiger partial charge on any atom is 0.317 e. The molecule has 23 heavy (non-hydrogen) atoms. The third kappa shape index (κ3) is 3.56. The quantitative estimate of drug-likeness (QED) is 0.896. The first kappa shape index (κ1) is 15.6. The smallest absolute Gasteiger partial charge is 0.317 e. The molecular formula is C16H21N3O4. The molecule has 124 valence electrons. The van der Waals surface area contributed by atoms with E-state index in [9.17, 15) is 9.59 Å². The van der Waals surface area contributed by atoms with Gasteiger partial charge in [-0.1, -0.05) is 0 Å². The Kier molecular flexibility index (Phi) is 4.66. The summed E-state index contributed by atoms with van der Waals surface area (Å²) in [5.41, 5.74) is 0.818. The molecule has 1 N–H and O–H groups in total. The van der Waals surface area contributed by atoms with Gasteiger partial charge in [0.1, 0.15) is 5.75 Å². The summed E-state index contributed by atoms with van der Waals surface area (Å²) in [5, 5.41) is 2.95. The molecule has 1 aromatic carbocycles. The molecule has 3 amide bonds. The molecule has 2 fully saturated rings. The van der Waals surface area contributed by atoms with Gasteiger partial charge in [0.2, 0.25) is 5.91 Å². The predicted molar refractivity (Wildman–Crippen MR) is 84.7 cm³/mol. The maximum absolute atomic E-state index is 12.2. The Hall–Kier alpha value is -2.28. The van der Waals surface area contributed by atoms with Gasteiger partial charge in [-0.05, 0) is 24.3 Å². The van der Waals surface area contributed by atoms with E-state index in [-0.39, 0.29) is 18.0 Å². The van der Waals surface area contributed by atoms with E-state index in [0.717, 1.165) is 11.4 Å². The van der Waals surface area contributed by atoms with E-state index in [4.69, 9.17) is 9.47 Å². The van der Waals surface area contributed by atoms with E-state index in [1.54, 1.807) is 16.9 Å². The number of hydrogen-bond donors (Lipinski definition) is 1. The minimum absolute atomic E-state index is 0.0162. The first-order valence-corrected chi connectivity index (χ1v) is 7.75. The Morgan fingerprint density at radius 1 is 1.26 bits per heavy atom. The summed E-state index contributed by atoms with van der Waals surface area (Å²) in [6.07, 6.45) is 0.322. The highest BCUT2D eigenvalue weighted by Gasteiger charge is 2.32. The van der Waals surface area contributed by atoms with Crippen molar-refractivity contribution in [3.8, 4) is 5.75 Å². The highest BCUT2D eigenvalue weighted by molar-refractivity contribution is 5.96. The SMILES string of the molecule is COc1ccc(N2C[C@@H](NC(=O)N3CCOCC3)CC2=O)cc1. The summed E-state index contributed by atoms with van der Waals surface area (Å²) < 4.78 is 10.4. The number of anilines is 1. The zero-order valence-corrected chi connectivity index (χ0v) is 13.2. The normalized spacial score (nSPS) is 21.4. The number of carbonyl (C=O) groups is 2. The molecule has 0 radical (unpaired) electrons. The second-order valence-electron chi connectivity index (χ2n) is 5.65. The Labute approximate surface area is 135 Å². The third-order valence-corrected chi connectivity index (χ3v) is 4.14. The molecular weight excluding hydrogens is 298 g/mol. The number of carbonyl (C=O) groups excluding carboxylic acids is 2. The summed E-state index contributed by atoms with van der Waals surface area (Å²) in [6.45, 7) is 2.80. The second-order valence-corrected chi connectivity index (χ2v) is 5.65. The molecule has 0 saturated carbocycles.